The summed E-state index contributed by atoms with van der Waals surface area (Å²) in [5.74, 6) is 1.62. The van der Waals surface area contributed by atoms with E-state index in [1.165, 1.54) is 0 Å². The Kier molecular flexibility index (Phi) is 3.82. The molecule has 0 saturated carbocycles. The average molecular weight is 280 g/mol. The van der Waals surface area contributed by atoms with Crippen molar-refractivity contribution in [2.24, 2.45) is 7.05 Å². The number of benzene rings is 2. The summed E-state index contributed by atoms with van der Waals surface area (Å²) in [7, 11) is 1.87. The minimum absolute atomic E-state index is 0.665. The lowest BCUT2D eigenvalue weighted by Crippen LogP contribution is -2.05. The van der Waals surface area contributed by atoms with Crippen LogP contribution >= 0.6 is 0 Å². The Labute approximate surface area is 123 Å². The van der Waals surface area contributed by atoms with E-state index in [0.717, 1.165) is 22.9 Å². The zero-order valence-corrected chi connectivity index (χ0v) is 11.7. The molecule has 0 bridgehead atoms. The largest absolute Gasteiger partial charge is 0.457 e. The van der Waals surface area contributed by atoms with Crippen molar-refractivity contribution >= 4 is 5.69 Å². The number of aryl methyl sites for hydroxylation is 1. The van der Waals surface area contributed by atoms with Gasteiger partial charge in [-0.05, 0) is 24.3 Å². The molecule has 0 amide bonds. The van der Waals surface area contributed by atoms with E-state index in [0.29, 0.717) is 6.54 Å². The maximum atomic E-state index is 5.81. The van der Waals surface area contributed by atoms with Crippen molar-refractivity contribution in [1.82, 2.24) is 15.0 Å². The van der Waals surface area contributed by atoms with Gasteiger partial charge in [-0.15, -0.1) is 5.10 Å². The van der Waals surface area contributed by atoms with Crippen LogP contribution < -0.4 is 10.1 Å². The summed E-state index contributed by atoms with van der Waals surface area (Å²) in [4.78, 5) is 0. The van der Waals surface area contributed by atoms with Gasteiger partial charge in [0.15, 0.2) is 0 Å². The van der Waals surface area contributed by atoms with E-state index in [-0.39, 0.29) is 0 Å². The van der Waals surface area contributed by atoms with E-state index in [1.54, 1.807) is 10.9 Å². The molecule has 0 fully saturated rings. The van der Waals surface area contributed by atoms with Crippen LogP contribution in [0.2, 0.25) is 0 Å². The first-order chi connectivity index (χ1) is 10.3. The van der Waals surface area contributed by atoms with Crippen LogP contribution in [0.3, 0.4) is 0 Å². The fourth-order valence-corrected chi connectivity index (χ4v) is 1.96. The molecule has 21 heavy (non-hydrogen) atoms. The third kappa shape index (κ3) is 3.39. The predicted molar refractivity (Wildman–Crippen MR) is 81.3 cm³/mol. The number of hydrogen-bond donors (Lipinski definition) is 1. The Morgan fingerprint density at radius 1 is 1.05 bits per heavy atom. The van der Waals surface area contributed by atoms with Crippen molar-refractivity contribution in [2.45, 2.75) is 6.54 Å². The third-order valence-electron chi connectivity index (χ3n) is 3.09. The van der Waals surface area contributed by atoms with Gasteiger partial charge in [0.2, 0.25) is 0 Å². The molecule has 3 rings (SSSR count). The molecule has 0 unspecified atom stereocenters. The van der Waals surface area contributed by atoms with Crippen LogP contribution in [-0.2, 0) is 13.6 Å². The molecule has 5 heteroatoms. The highest BCUT2D eigenvalue weighted by Gasteiger charge is 2.01. The number of aromatic nitrogens is 3. The summed E-state index contributed by atoms with van der Waals surface area (Å²) in [6.45, 7) is 0.665. The Hall–Kier alpha value is -2.82. The molecule has 5 nitrogen and oxygen atoms in total. The van der Waals surface area contributed by atoms with Gasteiger partial charge in [-0.1, -0.05) is 29.5 Å². The molecule has 106 valence electrons. The monoisotopic (exact) mass is 280 g/mol. The molecular weight excluding hydrogens is 264 g/mol. The number of ether oxygens (including phenoxy) is 1. The van der Waals surface area contributed by atoms with Gasteiger partial charge >= 0.3 is 0 Å². The lowest BCUT2D eigenvalue weighted by atomic mass is 10.3. The average Bonchev–Trinajstić information content (AvgIpc) is 2.92. The van der Waals surface area contributed by atoms with Crippen LogP contribution in [0.5, 0.6) is 11.5 Å². The SMILES string of the molecule is Cn1nncc1CNc1cccc(Oc2ccccc2)c1. The summed E-state index contributed by atoms with van der Waals surface area (Å²) < 4.78 is 7.56. The molecule has 1 heterocycles. The van der Waals surface area contributed by atoms with Gasteiger partial charge in [0.25, 0.3) is 0 Å². The van der Waals surface area contributed by atoms with Crippen LogP contribution in [0.1, 0.15) is 5.69 Å². The van der Waals surface area contributed by atoms with Crippen molar-refractivity contribution in [3.63, 3.8) is 0 Å². The first-order valence-corrected chi connectivity index (χ1v) is 6.72. The molecule has 1 N–H and O–H groups in total. The van der Waals surface area contributed by atoms with Gasteiger partial charge in [-0.25, -0.2) is 0 Å². The highest BCUT2D eigenvalue weighted by atomic mass is 16.5. The number of nitrogens with zero attached hydrogens (tertiary/aromatic N) is 3. The minimum Gasteiger partial charge on any atom is -0.457 e. The standard InChI is InChI=1S/C16H16N4O/c1-20-14(12-18-19-20)11-17-13-6-5-9-16(10-13)21-15-7-3-2-4-8-15/h2-10,12,17H,11H2,1H3. The van der Waals surface area contributed by atoms with E-state index >= 15 is 0 Å². The predicted octanol–water partition coefficient (Wildman–Crippen LogP) is 3.22. The summed E-state index contributed by atoms with van der Waals surface area (Å²) >= 11 is 0. The molecule has 0 aliphatic heterocycles. The third-order valence-corrected chi connectivity index (χ3v) is 3.09. The van der Waals surface area contributed by atoms with Crippen molar-refractivity contribution < 1.29 is 4.74 Å². The van der Waals surface area contributed by atoms with Gasteiger partial charge in [0.05, 0.1) is 18.4 Å². The molecule has 0 radical (unpaired) electrons. The van der Waals surface area contributed by atoms with E-state index < -0.39 is 0 Å². The number of anilines is 1. The molecule has 0 atom stereocenters. The summed E-state index contributed by atoms with van der Waals surface area (Å²) in [5, 5.41) is 11.1. The fraction of sp³-hybridized carbons (Fsp3) is 0.125. The Bertz CT molecular complexity index is 709. The first-order valence-electron chi connectivity index (χ1n) is 6.72. The van der Waals surface area contributed by atoms with Gasteiger partial charge in [-0.2, -0.15) is 0 Å². The normalized spacial score (nSPS) is 10.3. The van der Waals surface area contributed by atoms with E-state index in [1.807, 2.05) is 61.6 Å². The number of hydrogen-bond acceptors (Lipinski definition) is 4. The Balaban J connectivity index is 1.67. The summed E-state index contributed by atoms with van der Waals surface area (Å²) in [5.41, 5.74) is 2.01. The zero-order valence-electron chi connectivity index (χ0n) is 11.7. The topological polar surface area (TPSA) is 52.0 Å². The summed E-state index contributed by atoms with van der Waals surface area (Å²) in [6.07, 6.45) is 1.75. The Morgan fingerprint density at radius 2 is 1.86 bits per heavy atom. The van der Waals surface area contributed by atoms with Gasteiger partial charge < -0.3 is 10.1 Å². The lowest BCUT2D eigenvalue weighted by Gasteiger charge is -2.09. The van der Waals surface area contributed by atoms with Crippen LogP contribution in [-0.4, -0.2) is 15.0 Å². The number of nitrogens with one attached hydrogen (secondary N) is 1. The molecule has 0 aliphatic carbocycles. The summed E-state index contributed by atoms with van der Waals surface area (Å²) in [6, 6.07) is 17.6. The van der Waals surface area contributed by atoms with Gasteiger partial charge in [-0.3, -0.25) is 4.68 Å². The fourth-order valence-electron chi connectivity index (χ4n) is 1.96. The van der Waals surface area contributed by atoms with Crippen LogP contribution in [0, 0.1) is 0 Å². The van der Waals surface area contributed by atoms with Crippen molar-refractivity contribution in [3.8, 4) is 11.5 Å². The van der Waals surface area contributed by atoms with Crippen LogP contribution in [0.4, 0.5) is 5.69 Å². The minimum atomic E-state index is 0.665. The van der Waals surface area contributed by atoms with Gasteiger partial charge in [0.1, 0.15) is 11.5 Å². The van der Waals surface area contributed by atoms with Crippen molar-refractivity contribution in [1.29, 1.82) is 0 Å². The lowest BCUT2D eigenvalue weighted by molar-refractivity contribution is 0.483. The second-order valence-corrected chi connectivity index (χ2v) is 4.65. The van der Waals surface area contributed by atoms with E-state index in [4.69, 9.17) is 4.74 Å². The molecule has 2 aromatic carbocycles. The highest BCUT2D eigenvalue weighted by Crippen LogP contribution is 2.23. The van der Waals surface area contributed by atoms with Crippen LogP contribution in [0.15, 0.2) is 60.8 Å². The molecule has 0 saturated heterocycles. The number of para-hydroxylation sites is 1. The first kappa shape index (κ1) is 13.2. The molecule has 0 spiro atoms. The Morgan fingerprint density at radius 3 is 2.62 bits per heavy atom. The van der Waals surface area contributed by atoms with E-state index in [9.17, 15) is 0 Å². The molecule has 3 aromatic rings. The maximum absolute atomic E-state index is 5.81. The smallest absolute Gasteiger partial charge is 0.129 e. The molecular formula is C16H16N4O. The van der Waals surface area contributed by atoms with Crippen molar-refractivity contribution in [2.75, 3.05) is 5.32 Å². The van der Waals surface area contributed by atoms with E-state index in [2.05, 4.69) is 15.6 Å². The molecule has 0 aliphatic rings. The highest BCUT2D eigenvalue weighted by molar-refractivity contribution is 5.49. The van der Waals surface area contributed by atoms with Gasteiger partial charge in [0, 0.05) is 18.8 Å². The van der Waals surface area contributed by atoms with Crippen LogP contribution in [0.25, 0.3) is 0 Å². The second-order valence-electron chi connectivity index (χ2n) is 4.65. The zero-order chi connectivity index (χ0) is 14.5. The quantitative estimate of drug-likeness (QED) is 0.779. The van der Waals surface area contributed by atoms with Crippen molar-refractivity contribution in [3.05, 3.63) is 66.5 Å². The molecule has 1 aromatic heterocycles. The maximum Gasteiger partial charge on any atom is 0.129 e. The second kappa shape index (κ2) is 6.09. The number of rotatable bonds is 5.